The van der Waals surface area contributed by atoms with Crippen molar-refractivity contribution in [1.82, 2.24) is 4.31 Å². The van der Waals surface area contributed by atoms with Gasteiger partial charge in [0.15, 0.2) is 0 Å². The molecule has 40 heavy (non-hydrogen) atoms. The lowest BCUT2D eigenvalue weighted by atomic mass is 9.97. The first-order valence-electron chi connectivity index (χ1n) is 13.2. The van der Waals surface area contributed by atoms with Crippen LogP contribution in [0.5, 0.6) is 5.75 Å². The summed E-state index contributed by atoms with van der Waals surface area (Å²) in [6.45, 7) is 2.46. The number of carbonyl (C=O) groups is 1. The van der Waals surface area contributed by atoms with E-state index in [2.05, 4.69) is 10.0 Å². The normalized spacial score (nSPS) is 14.9. The average Bonchev–Trinajstić information content (AvgIpc) is 2.94. The molecule has 2 N–H and O–H groups in total. The first-order chi connectivity index (χ1) is 19.1. The summed E-state index contributed by atoms with van der Waals surface area (Å²) in [6, 6.07) is 20.9. The molecule has 4 rings (SSSR count). The number of anilines is 2. The number of methoxy groups -OCH3 is 1. The van der Waals surface area contributed by atoms with Gasteiger partial charge in [-0.3, -0.25) is 9.52 Å². The molecule has 9 nitrogen and oxygen atoms in total. The number of hydrogen-bond acceptors (Lipinski definition) is 6. The predicted molar refractivity (Wildman–Crippen MR) is 156 cm³/mol. The standard InChI is InChI=1S/C29H35N3O6S2/c1-22-10-15-28(38-2)27(21-22)31-40(36,37)26-13-11-25(12-14-26)30-29(33)24-16-18-32(19-17-24)39(34,35)20-6-9-23-7-4-3-5-8-23/h3-5,7-8,10-15,21,24,31H,6,9,16-20H2,1-2H3,(H,30,33). The second-order valence-corrected chi connectivity index (χ2v) is 13.7. The zero-order chi connectivity index (χ0) is 28.8. The van der Waals surface area contributed by atoms with Gasteiger partial charge < -0.3 is 10.1 Å². The molecule has 1 amide bonds. The average molecular weight is 586 g/mol. The number of nitrogens with zero attached hydrogens (tertiary/aromatic N) is 1. The summed E-state index contributed by atoms with van der Waals surface area (Å²) < 4.78 is 60.7. The van der Waals surface area contributed by atoms with Crippen molar-refractivity contribution >= 4 is 37.3 Å². The van der Waals surface area contributed by atoms with Crippen LogP contribution in [0.15, 0.2) is 77.7 Å². The van der Waals surface area contributed by atoms with E-state index in [9.17, 15) is 21.6 Å². The Labute approximate surface area is 236 Å². The second-order valence-electron chi connectivity index (χ2n) is 9.90. The van der Waals surface area contributed by atoms with E-state index >= 15 is 0 Å². The smallest absolute Gasteiger partial charge is 0.262 e. The number of nitrogens with one attached hydrogen (secondary N) is 2. The van der Waals surface area contributed by atoms with Crippen LogP contribution in [0, 0.1) is 12.8 Å². The quantitative estimate of drug-likeness (QED) is 0.344. The van der Waals surface area contributed by atoms with Crippen molar-refractivity contribution in [3.63, 3.8) is 0 Å². The highest BCUT2D eigenvalue weighted by Gasteiger charge is 2.31. The summed E-state index contributed by atoms with van der Waals surface area (Å²) in [6.07, 6.45) is 2.11. The maximum atomic E-state index is 12.9. The number of hydrogen-bond donors (Lipinski definition) is 2. The molecule has 0 unspecified atom stereocenters. The van der Waals surface area contributed by atoms with Crippen LogP contribution < -0.4 is 14.8 Å². The zero-order valence-electron chi connectivity index (χ0n) is 22.7. The van der Waals surface area contributed by atoms with Crippen LogP contribution in [0.25, 0.3) is 0 Å². The molecule has 0 atom stereocenters. The number of aryl methyl sites for hydroxylation is 2. The summed E-state index contributed by atoms with van der Waals surface area (Å²) in [5.41, 5.74) is 2.79. The van der Waals surface area contributed by atoms with Crippen LogP contribution in [0.4, 0.5) is 11.4 Å². The molecule has 0 saturated carbocycles. The fourth-order valence-electron chi connectivity index (χ4n) is 4.70. The molecule has 1 fully saturated rings. The molecule has 0 aliphatic carbocycles. The van der Waals surface area contributed by atoms with Crippen molar-refractivity contribution in [3.8, 4) is 5.75 Å². The van der Waals surface area contributed by atoms with Gasteiger partial charge in [0.2, 0.25) is 15.9 Å². The Morgan fingerprint density at radius 2 is 1.62 bits per heavy atom. The Hall–Kier alpha value is -3.41. The third-order valence-electron chi connectivity index (χ3n) is 6.96. The number of ether oxygens (including phenoxy) is 1. The van der Waals surface area contributed by atoms with Gasteiger partial charge in [0, 0.05) is 24.7 Å². The molecule has 0 aromatic heterocycles. The van der Waals surface area contributed by atoms with E-state index in [4.69, 9.17) is 4.74 Å². The number of rotatable bonds is 11. The van der Waals surface area contributed by atoms with Crippen LogP contribution in [-0.2, 0) is 31.3 Å². The van der Waals surface area contributed by atoms with Gasteiger partial charge in [0.25, 0.3) is 10.0 Å². The molecule has 3 aromatic rings. The minimum absolute atomic E-state index is 0.0415. The fraction of sp³-hybridized carbons (Fsp3) is 0.345. The van der Waals surface area contributed by atoms with E-state index < -0.39 is 20.0 Å². The van der Waals surface area contributed by atoms with E-state index in [0.29, 0.717) is 55.9 Å². The van der Waals surface area contributed by atoms with E-state index in [1.807, 2.05) is 43.3 Å². The molecule has 0 spiro atoms. The van der Waals surface area contributed by atoms with Crippen LogP contribution in [0.1, 0.15) is 30.4 Å². The Kier molecular flexibility index (Phi) is 9.49. The minimum Gasteiger partial charge on any atom is -0.495 e. The summed E-state index contributed by atoms with van der Waals surface area (Å²) >= 11 is 0. The number of amides is 1. The van der Waals surface area contributed by atoms with Crippen molar-refractivity contribution in [2.75, 3.05) is 36.0 Å². The molecule has 1 aliphatic rings. The lowest BCUT2D eigenvalue weighted by Gasteiger charge is -2.30. The highest BCUT2D eigenvalue weighted by Crippen LogP contribution is 2.28. The maximum Gasteiger partial charge on any atom is 0.262 e. The van der Waals surface area contributed by atoms with Gasteiger partial charge in [0.05, 0.1) is 23.4 Å². The predicted octanol–water partition coefficient (Wildman–Crippen LogP) is 4.42. The van der Waals surface area contributed by atoms with E-state index in [1.54, 1.807) is 12.1 Å². The number of benzene rings is 3. The summed E-state index contributed by atoms with van der Waals surface area (Å²) in [4.78, 5) is 12.9. The molecule has 11 heteroatoms. The van der Waals surface area contributed by atoms with E-state index in [1.165, 1.54) is 35.7 Å². The molecule has 1 heterocycles. The molecule has 3 aromatic carbocycles. The van der Waals surface area contributed by atoms with Crippen molar-refractivity contribution in [2.24, 2.45) is 5.92 Å². The van der Waals surface area contributed by atoms with Crippen molar-refractivity contribution in [2.45, 2.75) is 37.5 Å². The van der Waals surface area contributed by atoms with Crippen molar-refractivity contribution in [1.29, 1.82) is 0 Å². The third-order valence-corrected chi connectivity index (χ3v) is 10.3. The first-order valence-corrected chi connectivity index (χ1v) is 16.3. The maximum absolute atomic E-state index is 12.9. The molecule has 214 valence electrons. The molecular formula is C29H35N3O6S2. The molecule has 0 radical (unpaired) electrons. The summed E-state index contributed by atoms with van der Waals surface area (Å²) in [7, 11) is -5.79. The van der Waals surface area contributed by atoms with Crippen molar-refractivity contribution in [3.05, 3.63) is 83.9 Å². The molecular weight excluding hydrogens is 550 g/mol. The van der Waals surface area contributed by atoms with Crippen LogP contribution in [0.2, 0.25) is 0 Å². The Morgan fingerprint density at radius 3 is 2.27 bits per heavy atom. The summed E-state index contributed by atoms with van der Waals surface area (Å²) in [5, 5.41) is 2.83. The Balaban J connectivity index is 1.28. The topological polar surface area (TPSA) is 122 Å². The monoisotopic (exact) mass is 585 g/mol. The van der Waals surface area contributed by atoms with Gasteiger partial charge in [-0.1, -0.05) is 36.4 Å². The SMILES string of the molecule is COc1ccc(C)cc1NS(=O)(=O)c1ccc(NC(=O)C2CCN(S(=O)(=O)CCCc3ccccc3)CC2)cc1. The fourth-order valence-corrected chi connectivity index (χ4v) is 7.29. The Bertz CT molecular complexity index is 1520. The van der Waals surface area contributed by atoms with Crippen molar-refractivity contribution < 1.29 is 26.4 Å². The summed E-state index contributed by atoms with van der Waals surface area (Å²) in [5.74, 6) is -0.0439. The van der Waals surface area contributed by atoms with Gasteiger partial charge in [-0.25, -0.2) is 21.1 Å². The zero-order valence-corrected chi connectivity index (χ0v) is 24.3. The molecule has 0 bridgehead atoms. The lowest BCUT2D eigenvalue weighted by Crippen LogP contribution is -2.42. The number of piperidine rings is 1. The Morgan fingerprint density at radius 1 is 0.950 bits per heavy atom. The van der Waals surface area contributed by atoms with Crippen LogP contribution >= 0.6 is 0 Å². The van der Waals surface area contributed by atoms with Crippen LogP contribution in [-0.4, -0.2) is 53.0 Å². The number of sulfonamides is 2. The molecule has 1 saturated heterocycles. The van der Waals surface area contributed by atoms with Gasteiger partial charge in [-0.05, 0) is 80.1 Å². The highest BCUT2D eigenvalue weighted by atomic mass is 32.2. The second kappa shape index (κ2) is 12.8. The van der Waals surface area contributed by atoms with Gasteiger partial charge >= 0.3 is 0 Å². The first kappa shape index (κ1) is 29.6. The molecule has 1 aliphatic heterocycles. The number of carbonyl (C=O) groups excluding carboxylic acids is 1. The van der Waals surface area contributed by atoms with Gasteiger partial charge in [-0.2, -0.15) is 0 Å². The third kappa shape index (κ3) is 7.61. The minimum atomic E-state index is -3.88. The van der Waals surface area contributed by atoms with Gasteiger partial charge in [0.1, 0.15) is 5.75 Å². The van der Waals surface area contributed by atoms with E-state index in [-0.39, 0.29) is 22.5 Å². The largest absolute Gasteiger partial charge is 0.495 e. The highest BCUT2D eigenvalue weighted by molar-refractivity contribution is 7.92. The van der Waals surface area contributed by atoms with Crippen LogP contribution in [0.3, 0.4) is 0 Å². The lowest BCUT2D eigenvalue weighted by molar-refractivity contribution is -0.120. The van der Waals surface area contributed by atoms with Gasteiger partial charge in [-0.15, -0.1) is 0 Å². The van der Waals surface area contributed by atoms with E-state index in [0.717, 1.165) is 11.1 Å².